The molecule has 2 rings (SSSR count). The molecule has 0 nitrogen and oxygen atoms in total. The average molecular weight is 174 g/mol. The first-order valence-electron chi connectivity index (χ1n) is 5.47. The van der Waals surface area contributed by atoms with Crippen molar-refractivity contribution in [3.05, 3.63) is 35.5 Å². The summed E-state index contributed by atoms with van der Waals surface area (Å²) in [5.74, 6) is 0.932. The lowest BCUT2D eigenvalue weighted by atomic mass is 10.0. The predicted molar refractivity (Wildman–Crippen MR) is 57.6 cm³/mol. The maximum absolute atomic E-state index is 2.41. The normalized spacial score (nSPS) is 23.2. The molecule has 0 aromatic heterocycles. The maximum Gasteiger partial charge on any atom is -0.0200 e. The summed E-state index contributed by atoms with van der Waals surface area (Å²) < 4.78 is 0. The molecule has 0 aliphatic heterocycles. The van der Waals surface area contributed by atoms with Crippen LogP contribution in [0.15, 0.2) is 35.5 Å². The second kappa shape index (κ2) is 3.95. The average Bonchev–Trinajstić information content (AvgIpc) is 2.99. The van der Waals surface area contributed by atoms with Crippen LogP contribution >= 0.6 is 0 Å². The van der Waals surface area contributed by atoms with Crippen LogP contribution in [0.25, 0.3) is 0 Å². The SMILES string of the molecule is CC/C(=C\C1=CCCC=C1)C1CC1. The highest BCUT2D eigenvalue weighted by Gasteiger charge is 2.24. The highest BCUT2D eigenvalue weighted by molar-refractivity contribution is 5.36. The van der Waals surface area contributed by atoms with E-state index in [1.165, 1.54) is 37.7 Å². The molecule has 0 saturated heterocycles. The molecule has 2 aliphatic rings. The molecule has 1 fully saturated rings. The van der Waals surface area contributed by atoms with Gasteiger partial charge in [-0.3, -0.25) is 0 Å². The molecule has 0 heterocycles. The summed E-state index contributed by atoms with van der Waals surface area (Å²) >= 11 is 0. The van der Waals surface area contributed by atoms with Crippen molar-refractivity contribution < 1.29 is 0 Å². The minimum absolute atomic E-state index is 0.932. The molecule has 0 aromatic rings. The van der Waals surface area contributed by atoms with Gasteiger partial charge in [0.05, 0.1) is 0 Å². The zero-order chi connectivity index (χ0) is 9.10. The lowest BCUT2D eigenvalue weighted by molar-refractivity contribution is 0.908. The maximum atomic E-state index is 2.41. The summed E-state index contributed by atoms with van der Waals surface area (Å²) in [6.45, 7) is 2.28. The topological polar surface area (TPSA) is 0 Å². The van der Waals surface area contributed by atoms with Gasteiger partial charge in [-0.25, -0.2) is 0 Å². The van der Waals surface area contributed by atoms with Gasteiger partial charge in [0, 0.05) is 0 Å². The third kappa shape index (κ3) is 2.33. The Balaban J connectivity index is 2.06. The summed E-state index contributed by atoms with van der Waals surface area (Å²) in [6, 6.07) is 0. The van der Waals surface area contributed by atoms with Crippen LogP contribution in [0.1, 0.15) is 39.0 Å². The van der Waals surface area contributed by atoms with Crippen LogP contribution < -0.4 is 0 Å². The van der Waals surface area contributed by atoms with Crippen LogP contribution in [-0.2, 0) is 0 Å². The van der Waals surface area contributed by atoms with Crippen molar-refractivity contribution in [2.45, 2.75) is 39.0 Å². The molecule has 0 amide bonds. The van der Waals surface area contributed by atoms with E-state index in [1.807, 2.05) is 0 Å². The number of hydrogen-bond donors (Lipinski definition) is 0. The van der Waals surface area contributed by atoms with Gasteiger partial charge in [0.1, 0.15) is 0 Å². The van der Waals surface area contributed by atoms with Crippen LogP contribution in [0, 0.1) is 5.92 Å². The van der Waals surface area contributed by atoms with Crippen LogP contribution in [-0.4, -0.2) is 0 Å². The molecule has 70 valence electrons. The van der Waals surface area contributed by atoms with E-state index in [2.05, 4.69) is 31.2 Å². The fourth-order valence-electron chi connectivity index (χ4n) is 1.92. The van der Waals surface area contributed by atoms with Gasteiger partial charge < -0.3 is 0 Å². The van der Waals surface area contributed by atoms with Crippen LogP contribution in [0.5, 0.6) is 0 Å². The van der Waals surface area contributed by atoms with E-state index in [-0.39, 0.29) is 0 Å². The molecule has 0 N–H and O–H groups in total. The molecule has 0 bridgehead atoms. The number of hydrogen-bond acceptors (Lipinski definition) is 0. The first-order chi connectivity index (χ1) is 6.40. The Morgan fingerprint density at radius 3 is 2.85 bits per heavy atom. The first-order valence-corrected chi connectivity index (χ1v) is 5.47. The summed E-state index contributed by atoms with van der Waals surface area (Å²) in [4.78, 5) is 0. The lowest BCUT2D eigenvalue weighted by Crippen LogP contribution is -1.87. The van der Waals surface area contributed by atoms with Crippen molar-refractivity contribution in [2.75, 3.05) is 0 Å². The molecule has 0 unspecified atom stereocenters. The molecule has 13 heavy (non-hydrogen) atoms. The van der Waals surface area contributed by atoms with Crippen molar-refractivity contribution in [1.82, 2.24) is 0 Å². The van der Waals surface area contributed by atoms with E-state index < -0.39 is 0 Å². The highest BCUT2D eigenvalue weighted by Crippen LogP contribution is 2.38. The van der Waals surface area contributed by atoms with Gasteiger partial charge in [-0.15, -0.1) is 0 Å². The Morgan fingerprint density at radius 1 is 1.46 bits per heavy atom. The van der Waals surface area contributed by atoms with Crippen LogP contribution in [0.3, 0.4) is 0 Å². The Morgan fingerprint density at radius 2 is 2.31 bits per heavy atom. The van der Waals surface area contributed by atoms with E-state index in [1.54, 1.807) is 5.57 Å². The van der Waals surface area contributed by atoms with Crippen LogP contribution in [0.4, 0.5) is 0 Å². The van der Waals surface area contributed by atoms with Gasteiger partial charge in [-0.2, -0.15) is 0 Å². The predicted octanol–water partition coefficient (Wildman–Crippen LogP) is 4.01. The summed E-state index contributed by atoms with van der Waals surface area (Å²) in [7, 11) is 0. The molecular formula is C13H18. The van der Waals surface area contributed by atoms with Crippen molar-refractivity contribution in [2.24, 2.45) is 5.92 Å². The van der Waals surface area contributed by atoms with Crippen molar-refractivity contribution in [1.29, 1.82) is 0 Å². The van der Waals surface area contributed by atoms with Gasteiger partial charge in [0.15, 0.2) is 0 Å². The number of rotatable bonds is 3. The van der Waals surface area contributed by atoms with Crippen molar-refractivity contribution >= 4 is 0 Å². The molecule has 0 heteroatoms. The third-order valence-electron chi connectivity index (χ3n) is 2.89. The van der Waals surface area contributed by atoms with E-state index in [4.69, 9.17) is 0 Å². The molecule has 0 spiro atoms. The van der Waals surface area contributed by atoms with Gasteiger partial charge in [0.25, 0.3) is 0 Å². The monoisotopic (exact) mass is 174 g/mol. The van der Waals surface area contributed by atoms with Crippen molar-refractivity contribution in [3.8, 4) is 0 Å². The minimum atomic E-state index is 0.932. The Labute approximate surface area is 81.0 Å². The molecule has 0 atom stereocenters. The van der Waals surface area contributed by atoms with E-state index >= 15 is 0 Å². The molecule has 2 aliphatic carbocycles. The Bertz CT molecular complexity index is 262. The fraction of sp³-hybridized carbons (Fsp3) is 0.538. The molecule has 0 aromatic carbocycles. The van der Waals surface area contributed by atoms with E-state index in [0.717, 1.165) is 5.92 Å². The first kappa shape index (κ1) is 8.80. The van der Waals surface area contributed by atoms with E-state index in [9.17, 15) is 0 Å². The number of allylic oxidation sites excluding steroid dienone is 6. The largest absolute Gasteiger partial charge is 0.0836 e. The van der Waals surface area contributed by atoms with Crippen molar-refractivity contribution in [3.63, 3.8) is 0 Å². The molecule has 0 radical (unpaired) electrons. The summed E-state index contributed by atoms with van der Waals surface area (Å²) in [6.07, 6.45) is 15.9. The fourth-order valence-corrected chi connectivity index (χ4v) is 1.92. The third-order valence-corrected chi connectivity index (χ3v) is 2.89. The Kier molecular flexibility index (Phi) is 2.68. The molecule has 1 saturated carbocycles. The second-order valence-electron chi connectivity index (χ2n) is 4.03. The minimum Gasteiger partial charge on any atom is -0.0836 e. The van der Waals surface area contributed by atoms with Gasteiger partial charge >= 0.3 is 0 Å². The lowest BCUT2D eigenvalue weighted by Gasteiger charge is -2.05. The quantitative estimate of drug-likeness (QED) is 0.606. The van der Waals surface area contributed by atoms with Gasteiger partial charge in [-0.05, 0) is 43.6 Å². The smallest absolute Gasteiger partial charge is 0.0200 e. The van der Waals surface area contributed by atoms with E-state index in [0.29, 0.717) is 0 Å². The van der Waals surface area contributed by atoms with Gasteiger partial charge in [0.2, 0.25) is 0 Å². The highest BCUT2D eigenvalue weighted by atomic mass is 14.3. The second-order valence-corrected chi connectivity index (χ2v) is 4.03. The summed E-state index contributed by atoms with van der Waals surface area (Å²) in [5.41, 5.74) is 3.10. The van der Waals surface area contributed by atoms with Gasteiger partial charge in [-0.1, -0.05) is 36.8 Å². The zero-order valence-corrected chi connectivity index (χ0v) is 8.42. The summed E-state index contributed by atoms with van der Waals surface area (Å²) in [5, 5.41) is 0. The zero-order valence-electron chi connectivity index (χ0n) is 8.42. The molecular weight excluding hydrogens is 156 g/mol. The van der Waals surface area contributed by atoms with Crippen LogP contribution in [0.2, 0.25) is 0 Å². The standard InChI is InChI=1S/C13H18/c1-2-12(13-8-9-13)10-11-6-4-3-5-7-11/h4,6-7,10,13H,2-3,5,8-9H2,1H3/b12-10+. The Hall–Kier alpha value is -0.780.